The lowest BCUT2D eigenvalue weighted by Gasteiger charge is -2.22. The number of halogens is 1. The van der Waals surface area contributed by atoms with Crippen LogP contribution in [0.5, 0.6) is 0 Å². The third-order valence-corrected chi connectivity index (χ3v) is 6.03. The van der Waals surface area contributed by atoms with Crippen molar-refractivity contribution in [3.8, 4) is 11.3 Å². The molecule has 6 heteroatoms. The van der Waals surface area contributed by atoms with Gasteiger partial charge < -0.3 is 9.64 Å². The van der Waals surface area contributed by atoms with Gasteiger partial charge in [0.25, 0.3) is 0 Å². The first kappa shape index (κ1) is 18.2. The number of nitrogens with zero attached hydrogens (tertiary/aromatic N) is 2. The normalized spacial score (nSPS) is 16.5. The predicted octanol–water partition coefficient (Wildman–Crippen LogP) is 5.28. The van der Waals surface area contributed by atoms with Crippen LogP contribution in [0.1, 0.15) is 18.4 Å². The molecule has 138 valence electrons. The Morgan fingerprint density at radius 2 is 1.96 bits per heavy atom. The van der Waals surface area contributed by atoms with Crippen LogP contribution >= 0.6 is 27.3 Å². The number of anilines is 1. The fourth-order valence-corrected chi connectivity index (χ4v) is 4.39. The number of carbonyl (C=O) groups is 1. The number of benzene rings is 2. The average molecular weight is 443 g/mol. The first-order valence-corrected chi connectivity index (χ1v) is 10.6. The maximum absolute atomic E-state index is 12.6. The summed E-state index contributed by atoms with van der Waals surface area (Å²) in [4.78, 5) is 19.5. The summed E-state index contributed by atoms with van der Waals surface area (Å²) in [7, 11) is 0. The summed E-state index contributed by atoms with van der Waals surface area (Å²) >= 11 is 5.03. The Morgan fingerprint density at radius 3 is 2.74 bits per heavy atom. The van der Waals surface area contributed by atoms with Crippen LogP contribution in [0.4, 0.5) is 5.13 Å². The van der Waals surface area contributed by atoms with Gasteiger partial charge in [0.15, 0.2) is 5.13 Å². The van der Waals surface area contributed by atoms with Crippen LogP contribution in [0.25, 0.3) is 11.3 Å². The smallest absolute Gasteiger partial charge is 0.329 e. The minimum absolute atomic E-state index is 0.170. The molecule has 2 aromatic carbocycles. The van der Waals surface area contributed by atoms with Crippen LogP contribution in [-0.4, -0.2) is 23.5 Å². The summed E-state index contributed by atoms with van der Waals surface area (Å²) in [6.45, 7) is 1.14. The van der Waals surface area contributed by atoms with Crippen molar-refractivity contribution in [2.24, 2.45) is 0 Å². The highest BCUT2D eigenvalue weighted by molar-refractivity contribution is 9.10. The second kappa shape index (κ2) is 8.23. The standard InChI is InChI=1S/C21H19BrN2O2S/c22-17-10-8-16(9-11-17)18-14-27-21(23-18)24-12-4-7-19(24)20(25)26-13-15-5-2-1-3-6-15/h1-3,5-6,8-11,14,19H,4,7,12-13H2/t19-/m1/s1. The Balaban J connectivity index is 1.45. The van der Waals surface area contributed by atoms with Gasteiger partial charge in [-0.2, -0.15) is 0 Å². The third-order valence-electron chi connectivity index (χ3n) is 4.63. The van der Waals surface area contributed by atoms with E-state index in [1.807, 2.05) is 60.0 Å². The van der Waals surface area contributed by atoms with Crippen LogP contribution in [-0.2, 0) is 16.1 Å². The predicted molar refractivity (Wildman–Crippen MR) is 112 cm³/mol. The number of carbonyl (C=O) groups excluding carboxylic acids is 1. The summed E-state index contributed by atoms with van der Waals surface area (Å²) in [6.07, 6.45) is 1.78. The molecule has 1 fully saturated rings. The van der Waals surface area contributed by atoms with Gasteiger partial charge in [-0.25, -0.2) is 9.78 Å². The molecule has 0 bridgehead atoms. The number of hydrogen-bond acceptors (Lipinski definition) is 5. The van der Waals surface area contributed by atoms with E-state index in [4.69, 9.17) is 9.72 Å². The molecule has 0 spiro atoms. The van der Waals surface area contributed by atoms with Crippen LogP contribution in [0, 0.1) is 0 Å². The van der Waals surface area contributed by atoms with E-state index in [1.165, 1.54) is 0 Å². The summed E-state index contributed by atoms with van der Waals surface area (Å²) in [5.74, 6) is -0.170. The van der Waals surface area contributed by atoms with Crippen LogP contribution in [0.2, 0.25) is 0 Å². The van der Waals surface area contributed by atoms with E-state index in [9.17, 15) is 4.79 Å². The van der Waals surface area contributed by atoms with Crippen LogP contribution in [0.3, 0.4) is 0 Å². The van der Waals surface area contributed by atoms with Crippen molar-refractivity contribution < 1.29 is 9.53 Å². The Hall–Kier alpha value is -2.18. The van der Waals surface area contributed by atoms with Crippen molar-refractivity contribution in [1.29, 1.82) is 0 Å². The number of hydrogen-bond donors (Lipinski definition) is 0. The lowest BCUT2D eigenvalue weighted by atomic mass is 10.2. The zero-order valence-electron chi connectivity index (χ0n) is 14.7. The van der Waals surface area contributed by atoms with Gasteiger partial charge in [0, 0.05) is 22.0 Å². The Labute approximate surface area is 170 Å². The van der Waals surface area contributed by atoms with Crippen LogP contribution in [0.15, 0.2) is 64.5 Å². The fourth-order valence-electron chi connectivity index (χ4n) is 3.22. The number of esters is 1. The van der Waals surface area contributed by atoms with Crippen LogP contribution < -0.4 is 4.90 Å². The van der Waals surface area contributed by atoms with E-state index < -0.39 is 0 Å². The highest BCUT2D eigenvalue weighted by Gasteiger charge is 2.33. The lowest BCUT2D eigenvalue weighted by Crippen LogP contribution is -2.37. The van der Waals surface area contributed by atoms with Crippen molar-refractivity contribution in [3.05, 3.63) is 70.0 Å². The molecule has 1 aliphatic heterocycles. The Bertz CT molecular complexity index is 911. The zero-order chi connectivity index (χ0) is 18.6. The maximum atomic E-state index is 12.6. The summed E-state index contributed by atoms with van der Waals surface area (Å²) in [5.41, 5.74) is 3.01. The second-order valence-corrected chi connectivity index (χ2v) is 8.22. The fraction of sp³-hybridized carbons (Fsp3) is 0.238. The molecule has 0 radical (unpaired) electrons. The molecule has 1 saturated heterocycles. The molecule has 0 unspecified atom stereocenters. The molecule has 3 aromatic rings. The van der Waals surface area contributed by atoms with Gasteiger partial charge >= 0.3 is 5.97 Å². The highest BCUT2D eigenvalue weighted by atomic mass is 79.9. The number of thiazole rings is 1. The first-order valence-electron chi connectivity index (χ1n) is 8.89. The van der Waals surface area contributed by atoms with E-state index in [1.54, 1.807) is 11.3 Å². The molecular formula is C21H19BrN2O2S. The highest BCUT2D eigenvalue weighted by Crippen LogP contribution is 2.33. The summed E-state index contributed by atoms with van der Waals surface area (Å²) in [6, 6.07) is 17.6. The molecule has 0 saturated carbocycles. The minimum Gasteiger partial charge on any atom is -0.459 e. The molecule has 0 aliphatic carbocycles. The molecule has 0 amide bonds. The number of aromatic nitrogens is 1. The average Bonchev–Trinajstić information content (AvgIpc) is 3.37. The van der Waals surface area contributed by atoms with Gasteiger partial charge in [0.05, 0.1) is 5.69 Å². The molecular weight excluding hydrogens is 424 g/mol. The lowest BCUT2D eigenvalue weighted by molar-refractivity contribution is -0.146. The van der Waals surface area contributed by atoms with E-state index in [2.05, 4.69) is 20.8 Å². The third kappa shape index (κ3) is 4.22. The molecule has 2 heterocycles. The summed E-state index contributed by atoms with van der Waals surface area (Å²) in [5, 5.41) is 2.93. The quantitative estimate of drug-likeness (QED) is 0.503. The maximum Gasteiger partial charge on any atom is 0.329 e. The van der Waals surface area contributed by atoms with Crippen molar-refractivity contribution in [3.63, 3.8) is 0 Å². The summed E-state index contributed by atoms with van der Waals surface area (Å²) < 4.78 is 6.60. The monoisotopic (exact) mass is 442 g/mol. The first-order chi connectivity index (χ1) is 13.2. The van der Waals surface area contributed by atoms with Crippen molar-refractivity contribution in [2.75, 3.05) is 11.4 Å². The van der Waals surface area contributed by atoms with E-state index >= 15 is 0 Å². The SMILES string of the molecule is O=C(OCc1ccccc1)[C@H]1CCCN1c1nc(-c2ccc(Br)cc2)cs1. The second-order valence-electron chi connectivity index (χ2n) is 6.47. The molecule has 1 atom stereocenters. The molecule has 4 nitrogen and oxygen atoms in total. The van der Waals surface area contributed by atoms with Gasteiger partial charge in [0.1, 0.15) is 12.6 Å². The minimum atomic E-state index is -0.252. The van der Waals surface area contributed by atoms with Gasteiger partial charge in [-0.15, -0.1) is 11.3 Å². The molecule has 27 heavy (non-hydrogen) atoms. The van der Waals surface area contributed by atoms with Gasteiger partial charge in [-0.05, 0) is 30.5 Å². The molecule has 4 rings (SSSR count). The molecule has 0 N–H and O–H groups in total. The largest absolute Gasteiger partial charge is 0.459 e. The topological polar surface area (TPSA) is 42.4 Å². The van der Waals surface area contributed by atoms with Gasteiger partial charge in [0.2, 0.25) is 0 Å². The Morgan fingerprint density at radius 1 is 1.19 bits per heavy atom. The molecule has 1 aliphatic rings. The number of rotatable bonds is 5. The number of ether oxygens (including phenoxy) is 1. The van der Waals surface area contributed by atoms with Gasteiger partial charge in [-0.1, -0.05) is 58.4 Å². The van der Waals surface area contributed by atoms with Crippen molar-refractivity contribution in [2.45, 2.75) is 25.5 Å². The van der Waals surface area contributed by atoms with Crippen molar-refractivity contribution >= 4 is 38.4 Å². The zero-order valence-corrected chi connectivity index (χ0v) is 17.1. The molecule has 1 aromatic heterocycles. The van der Waals surface area contributed by atoms with Gasteiger partial charge in [-0.3, -0.25) is 0 Å². The van der Waals surface area contributed by atoms with Crippen molar-refractivity contribution in [1.82, 2.24) is 4.98 Å². The Kier molecular flexibility index (Phi) is 5.55. The van der Waals surface area contributed by atoms with E-state index in [-0.39, 0.29) is 12.0 Å². The van der Waals surface area contributed by atoms with E-state index in [0.29, 0.717) is 6.61 Å². The van der Waals surface area contributed by atoms with E-state index in [0.717, 1.165) is 45.8 Å².